The number of aliphatic hydroxyl groups excluding tert-OH is 3. The minimum absolute atomic E-state index is 0.141. The predicted octanol–water partition coefficient (Wildman–Crippen LogP) is 0.606. The van der Waals surface area contributed by atoms with Gasteiger partial charge in [-0.2, -0.15) is 13.2 Å². The molecule has 1 aliphatic rings. The number of nitrogens with one attached hydrogen (secondary N) is 1. The number of thiazole rings is 1. The van der Waals surface area contributed by atoms with E-state index in [1.54, 1.807) is 0 Å². The fourth-order valence-electron chi connectivity index (χ4n) is 1.96. The highest BCUT2D eigenvalue weighted by Gasteiger charge is 2.40. The zero-order valence-electron chi connectivity index (χ0n) is 10.9. The molecule has 1 aromatic heterocycles. The molecule has 1 fully saturated rings. The van der Waals surface area contributed by atoms with Gasteiger partial charge in [-0.3, -0.25) is 0 Å². The normalized spacial score (nSPS) is 29.1. The van der Waals surface area contributed by atoms with Crippen LogP contribution in [0.4, 0.5) is 23.3 Å². The summed E-state index contributed by atoms with van der Waals surface area (Å²) in [5.41, 5.74) is -1.30. The molecule has 0 aliphatic carbocycles. The maximum Gasteiger partial charge on any atom is 0.424 e. The molecule has 0 aromatic carbocycles. The van der Waals surface area contributed by atoms with Gasteiger partial charge in [0.15, 0.2) is 10.8 Å². The first-order chi connectivity index (χ1) is 10.3. The van der Waals surface area contributed by atoms with Crippen molar-refractivity contribution in [3.63, 3.8) is 0 Å². The summed E-state index contributed by atoms with van der Waals surface area (Å²) in [5, 5.41) is 30.2. The topological polar surface area (TPSA) is 99.2 Å². The number of alkyl halides is 3. The number of rotatable bonds is 3. The largest absolute Gasteiger partial charge is 0.424 e. The van der Waals surface area contributed by atoms with Gasteiger partial charge in [-0.1, -0.05) is 0 Å². The smallest absolute Gasteiger partial charge is 0.394 e. The summed E-state index contributed by atoms with van der Waals surface area (Å²) in [6.07, 6.45) is -8.47. The van der Waals surface area contributed by atoms with Crippen LogP contribution < -0.4 is 5.32 Å². The van der Waals surface area contributed by atoms with E-state index in [0.717, 1.165) is 0 Å². The number of aromatic nitrogens is 1. The number of hydrogen-bond donors (Lipinski definition) is 4. The summed E-state index contributed by atoms with van der Waals surface area (Å²) in [6, 6.07) is -0.913. The third-order valence-corrected chi connectivity index (χ3v) is 3.98. The molecule has 0 spiro atoms. The highest BCUT2D eigenvalue weighted by Crippen LogP contribution is 2.41. The standard InChI is InChI=1S/C11H12F3N3O4S/c1-15-9-8(11(12,13)14)17-10(22-9)16-4-3-21-5(2-18)7(20)6(4)19/h4-7,18-20H,2-3H2,(H,16,17)/t4-,5+,6+,7-/m0/s1. The second-order valence-corrected chi connectivity index (χ2v) is 5.55. The molecule has 4 atom stereocenters. The van der Waals surface area contributed by atoms with Gasteiger partial charge in [0, 0.05) is 0 Å². The Morgan fingerprint density at radius 1 is 1.41 bits per heavy atom. The van der Waals surface area contributed by atoms with Crippen molar-refractivity contribution in [3.05, 3.63) is 17.1 Å². The van der Waals surface area contributed by atoms with Gasteiger partial charge < -0.3 is 25.4 Å². The first kappa shape index (κ1) is 16.9. The van der Waals surface area contributed by atoms with Crippen molar-refractivity contribution in [2.75, 3.05) is 18.5 Å². The predicted molar refractivity (Wildman–Crippen MR) is 69.6 cm³/mol. The van der Waals surface area contributed by atoms with Crippen LogP contribution in [0.2, 0.25) is 0 Å². The second kappa shape index (κ2) is 6.35. The summed E-state index contributed by atoms with van der Waals surface area (Å²) >= 11 is 0.496. The van der Waals surface area contributed by atoms with Crippen LogP contribution in [0.1, 0.15) is 5.69 Å². The fraction of sp³-hybridized carbons (Fsp3) is 0.636. The van der Waals surface area contributed by atoms with E-state index in [0.29, 0.717) is 11.3 Å². The van der Waals surface area contributed by atoms with Gasteiger partial charge in [-0.15, -0.1) is 11.3 Å². The molecule has 0 bridgehead atoms. The Morgan fingerprint density at radius 2 is 2.09 bits per heavy atom. The fourth-order valence-corrected chi connectivity index (χ4v) is 2.80. The van der Waals surface area contributed by atoms with Gasteiger partial charge in [0.1, 0.15) is 18.3 Å². The van der Waals surface area contributed by atoms with Crippen molar-refractivity contribution >= 4 is 21.5 Å². The lowest BCUT2D eigenvalue weighted by Crippen LogP contribution is -2.56. The first-order valence-electron chi connectivity index (χ1n) is 6.08. The van der Waals surface area contributed by atoms with Gasteiger partial charge in [-0.25, -0.2) is 9.83 Å². The summed E-state index contributed by atoms with van der Waals surface area (Å²) < 4.78 is 43.2. The SMILES string of the molecule is [C-]#[N+]c1sc(N[C@H]2CO[C@H](CO)[C@H](O)[C@@H]2O)nc1C(F)(F)F. The number of aliphatic hydroxyl groups is 3. The molecule has 1 saturated heterocycles. The molecule has 1 aromatic rings. The molecule has 7 nitrogen and oxygen atoms in total. The molecule has 0 unspecified atom stereocenters. The number of ether oxygens (including phenoxy) is 1. The van der Waals surface area contributed by atoms with Crippen LogP contribution in [0.25, 0.3) is 4.85 Å². The van der Waals surface area contributed by atoms with E-state index in [9.17, 15) is 23.4 Å². The van der Waals surface area contributed by atoms with Gasteiger partial charge in [-0.05, 0) is 0 Å². The van der Waals surface area contributed by atoms with Crippen LogP contribution >= 0.6 is 11.3 Å². The molecule has 0 radical (unpaired) electrons. The van der Waals surface area contributed by atoms with Gasteiger partial charge >= 0.3 is 6.18 Å². The van der Waals surface area contributed by atoms with Crippen LogP contribution in [0.15, 0.2) is 0 Å². The third kappa shape index (κ3) is 3.31. The quantitative estimate of drug-likeness (QED) is 0.602. The van der Waals surface area contributed by atoms with Crippen LogP contribution in [0, 0.1) is 6.57 Å². The molecule has 122 valence electrons. The Morgan fingerprint density at radius 3 is 2.59 bits per heavy atom. The summed E-state index contributed by atoms with van der Waals surface area (Å²) in [5.74, 6) is 0. The molecule has 0 saturated carbocycles. The highest BCUT2D eigenvalue weighted by atomic mass is 32.1. The summed E-state index contributed by atoms with van der Waals surface area (Å²) in [4.78, 5) is 6.10. The maximum absolute atomic E-state index is 12.7. The molecule has 0 amide bonds. The molecule has 2 rings (SSSR count). The zero-order valence-corrected chi connectivity index (χ0v) is 11.7. The van der Waals surface area contributed by atoms with Crippen LogP contribution in [-0.4, -0.2) is 57.9 Å². The Labute approximate surface area is 126 Å². The number of hydrogen-bond acceptors (Lipinski definition) is 7. The van der Waals surface area contributed by atoms with E-state index >= 15 is 0 Å². The minimum Gasteiger partial charge on any atom is -0.394 e. The highest BCUT2D eigenvalue weighted by molar-refractivity contribution is 7.19. The second-order valence-electron chi connectivity index (χ2n) is 4.57. The maximum atomic E-state index is 12.7. The molecule has 2 heterocycles. The Balaban J connectivity index is 2.15. The van der Waals surface area contributed by atoms with E-state index < -0.39 is 47.8 Å². The Hall–Kier alpha value is -1.45. The lowest BCUT2D eigenvalue weighted by molar-refractivity contribution is -0.152. The summed E-state index contributed by atoms with van der Waals surface area (Å²) in [6.45, 7) is 6.11. The van der Waals surface area contributed by atoms with E-state index in [1.165, 1.54) is 0 Å². The minimum atomic E-state index is -4.75. The van der Waals surface area contributed by atoms with Crippen LogP contribution in [-0.2, 0) is 10.9 Å². The third-order valence-electron chi connectivity index (χ3n) is 3.10. The first-order valence-corrected chi connectivity index (χ1v) is 6.90. The van der Waals surface area contributed by atoms with E-state index in [2.05, 4.69) is 15.1 Å². The zero-order chi connectivity index (χ0) is 16.5. The molecule has 1 aliphatic heterocycles. The lowest BCUT2D eigenvalue weighted by atomic mass is 9.99. The monoisotopic (exact) mass is 339 g/mol. The van der Waals surface area contributed by atoms with E-state index in [4.69, 9.17) is 16.4 Å². The summed E-state index contributed by atoms with van der Waals surface area (Å²) in [7, 11) is 0. The van der Waals surface area contributed by atoms with E-state index in [-0.39, 0.29) is 11.7 Å². The van der Waals surface area contributed by atoms with Gasteiger partial charge in [0.2, 0.25) is 0 Å². The number of anilines is 1. The van der Waals surface area contributed by atoms with Crippen molar-refractivity contribution in [1.82, 2.24) is 4.98 Å². The van der Waals surface area contributed by atoms with E-state index in [1.807, 2.05) is 0 Å². The molecular weight excluding hydrogens is 327 g/mol. The molecular formula is C11H12F3N3O4S. The Kier molecular flexibility index (Phi) is 4.88. The van der Waals surface area contributed by atoms with Crippen molar-refractivity contribution in [2.24, 2.45) is 0 Å². The van der Waals surface area contributed by atoms with Crippen LogP contribution in [0.5, 0.6) is 0 Å². The van der Waals surface area contributed by atoms with Gasteiger partial charge in [0.05, 0.1) is 25.8 Å². The average molecular weight is 339 g/mol. The lowest BCUT2D eigenvalue weighted by Gasteiger charge is -2.37. The number of halogens is 3. The van der Waals surface area contributed by atoms with Gasteiger partial charge in [0.25, 0.3) is 5.00 Å². The number of nitrogens with zero attached hydrogens (tertiary/aromatic N) is 2. The van der Waals surface area contributed by atoms with Crippen LogP contribution in [0.3, 0.4) is 0 Å². The van der Waals surface area contributed by atoms with Crippen molar-refractivity contribution in [1.29, 1.82) is 0 Å². The molecule has 11 heteroatoms. The molecule has 4 N–H and O–H groups in total. The van der Waals surface area contributed by atoms with Crippen molar-refractivity contribution in [3.8, 4) is 0 Å². The van der Waals surface area contributed by atoms with Crippen molar-refractivity contribution < 1.29 is 33.2 Å². The van der Waals surface area contributed by atoms with Crippen molar-refractivity contribution in [2.45, 2.75) is 30.5 Å². The Bertz CT molecular complexity index is 574. The molecule has 22 heavy (non-hydrogen) atoms. The average Bonchev–Trinajstić information content (AvgIpc) is 2.87.